The number of carbonyl (C=O) groups excluding carboxylic acids is 2. The highest BCUT2D eigenvalue weighted by molar-refractivity contribution is 5.92. The van der Waals surface area contributed by atoms with Crippen molar-refractivity contribution in [3.8, 4) is 0 Å². The summed E-state index contributed by atoms with van der Waals surface area (Å²) in [7, 11) is 0. The van der Waals surface area contributed by atoms with Gasteiger partial charge in [0.2, 0.25) is 5.91 Å². The third-order valence-corrected chi connectivity index (χ3v) is 6.05. The van der Waals surface area contributed by atoms with Crippen molar-refractivity contribution in [3.63, 3.8) is 0 Å². The number of nitrogens with zero attached hydrogens (tertiary/aromatic N) is 3. The molecule has 1 aliphatic carbocycles. The zero-order valence-electron chi connectivity index (χ0n) is 14.7. The molecule has 0 unspecified atom stereocenters. The van der Waals surface area contributed by atoms with Crippen LogP contribution in [0.5, 0.6) is 0 Å². The number of carbonyl (C=O) groups is 2. The fraction of sp³-hybridized carbons (Fsp3) is 0.632. The number of amides is 2. The van der Waals surface area contributed by atoms with Crippen LogP contribution in [0, 0.1) is 23.0 Å². The van der Waals surface area contributed by atoms with Crippen molar-refractivity contribution in [1.82, 2.24) is 14.8 Å². The van der Waals surface area contributed by atoms with Gasteiger partial charge in [-0.05, 0) is 43.4 Å². The Morgan fingerprint density at radius 3 is 2.62 bits per heavy atom. The Bertz CT molecular complexity index is 727. The summed E-state index contributed by atoms with van der Waals surface area (Å²) in [5, 5.41) is 0. The summed E-state index contributed by atoms with van der Waals surface area (Å²) in [5.41, 5.74) is -0.259. The Hall–Kier alpha value is -2.05. The van der Waals surface area contributed by atoms with E-state index in [1.807, 2.05) is 4.90 Å². The lowest BCUT2D eigenvalue weighted by Gasteiger charge is -2.47. The molecule has 0 N–H and O–H groups in total. The van der Waals surface area contributed by atoms with Gasteiger partial charge in [0.1, 0.15) is 5.82 Å². The summed E-state index contributed by atoms with van der Waals surface area (Å²) in [6.45, 7) is 2.67. The highest BCUT2D eigenvalue weighted by Gasteiger charge is 2.43. The van der Waals surface area contributed by atoms with Crippen LogP contribution in [0.3, 0.4) is 0 Å². The van der Waals surface area contributed by atoms with Gasteiger partial charge in [-0.15, -0.1) is 0 Å². The minimum absolute atomic E-state index is 0.0638. The Balaban J connectivity index is 1.40. The van der Waals surface area contributed by atoms with Gasteiger partial charge < -0.3 is 9.80 Å². The maximum atomic E-state index is 13.8. The van der Waals surface area contributed by atoms with Gasteiger partial charge in [0, 0.05) is 38.7 Å². The quantitative estimate of drug-likeness (QED) is 0.830. The monoisotopic (exact) mass is 363 g/mol. The Morgan fingerprint density at radius 1 is 1.23 bits per heavy atom. The molecule has 1 aromatic heterocycles. The number of likely N-dealkylation sites (tertiary alicyclic amines) is 2. The number of hydrogen-bond donors (Lipinski definition) is 0. The van der Waals surface area contributed by atoms with Crippen LogP contribution in [-0.2, 0) is 4.79 Å². The lowest BCUT2D eigenvalue weighted by atomic mass is 9.72. The molecule has 0 aromatic carbocycles. The predicted molar refractivity (Wildman–Crippen MR) is 90.3 cm³/mol. The molecule has 140 valence electrons. The minimum Gasteiger partial charge on any atom is -0.342 e. The van der Waals surface area contributed by atoms with E-state index >= 15 is 0 Å². The van der Waals surface area contributed by atoms with E-state index in [0.717, 1.165) is 38.5 Å². The Labute approximate surface area is 151 Å². The summed E-state index contributed by atoms with van der Waals surface area (Å²) >= 11 is 0. The van der Waals surface area contributed by atoms with E-state index in [4.69, 9.17) is 0 Å². The van der Waals surface area contributed by atoms with Crippen molar-refractivity contribution in [2.24, 2.45) is 11.3 Å². The number of aromatic nitrogens is 1. The normalized spacial score (nSPS) is 22.8. The molecule has 26 heavy (non-hydrogen) atoms. The van der Waals surface area contributed by atoms with Crippen molar-refractivity contribution in [3.05, 3.63) is 29.6 Å². The first-order valence-electron chi connectivity index (χ1n) is 9.34. The van der Waals surface area contributed by atoms with Gasteiger partial charge in [0.15, 0.2) is 11.5 Å². The molecule has 0 atom stereocenters. The molecule has 3 fully saturated rings. The average Bonchev–Trinajstić information content (AvgIpc) is 3.43. The van der Waals surface area contributed by atoms with Gasteiger partial charge in [-0.1, -0.05) is 0 Å². The predicted octanol–water partition coefficient (Wildman–Crippen LogP) is 2.61. The molecule has 5 nitrogen and oxygen atoms in total. The minimum atomic E-state index is -0.922. The summed E-state index contributed by atoms with van der Waals surface area (Å²) in [5.74, 6) is -1.28. The highest BCUT2D eigenvalue weighted by atomic mass is 19.1. The molecule has 3 aliphatic rings. The molecule has 1 aromatic rings. The third kappa shape index (κ3) is 3.44. The lowest BCUT2D eigenvalue weighted by molar-refractivity contribution is -0.139. The third-order valence-electron chi connectivity index (χ3n) is 6.05. The van der Waals surface area contributed by atoms with Crippen molar-refractivity contribution < 1.29 is 18.4 Å². The van der Waals surface area contributed by atoms with E-state index < -0.39 is 17.5 Å². The van der Waals surface area contributed by atoms with Crippen LogP contribution in [0.1, 0.15) is 49.0 Å². The molecule has 2 aliphatic heterocycles. The van der Waals surface area contributed by atoms with Gasteiger partial charge in [0.05, 0.1) is 6.20 Å². The average molecular weight is 363 g/mol. The molecule has 0 bridgehead atoms. The molecule has 2 amide bonds. The van der Waals surface area contributed by atoms with Gasteiger partial charge in [-0.2, -0.15) is 0 Å². The molecular formula is C19H23F2N3O2. The molecule has 3 heterocycles. The number of pyridine rings is 1. The van der Waals surface area contributed by atoms with Gasteiger partial charge in [-0.25, -0.2) is 13.8 Å². The first-order chi connectivity index (χ1) is 12.5. The SMILES string of the molecule is O=C1CCC2(CCN(C(=O)c3ncc(F)cc3F)CC2)CN1CC1CC1. The topological polar surface area (TPSA) is 53.5 Å². The fourth-order valence-corrected chi connectivity index (χ4v) is 4.19. The maximum absolute atomic E-state index is 13.8. The smallest absolute Gasteiger partial charge is 0.275 e. The standard InChI is InChI=1S/C19H23F2N3O2/c20-14-9-15(21)17(22-10-14)18(26)23-7-5-19(6-8-23)4-3-16(25)24(12-19)11-13-1-2-13/h9-10,13H,1-8,11-12H2. The van der Waals surface area contributed by atoms with Gasteiger partial charge in [-0.3, -0.25) is 9.59 Å². The second kappa shape index (κ2) is 6.59. The van der Waals surface area contributed by atoms with Gasteiger partial charge >= 0.3 is 0 Å². The zero-order chi connectivity index (χ0) is 18.3. The highest BCUT2D eigenvalue weighted by Crippen LogP contribution is 2.42. The van der Waals surface area contributed by atoms with Crippen molar-refractivity contribution in [2.45, 2.75) is 38.5 Å². The lowest BCUT2D eigenvalue weighted by Crippen LogP contribution is -2.52. The van der Waals surface area contributed by atoms with E-state index in [9.17, 15) is 18.4 Å². The molecule has 7 heteroatoms. The number of halogens is 2. The summed E-state index contributed by atoms with van der Waals surface area (Å²) < 4.78 is 26.8. The van der Waals surface area contributed by atoms with E-state index in [-0.39, 0.29) is 17.0 Å². The first kappa shape index (κ1) is 17.4. The molecule has 2 saturated heterocycles. The number of hydrogen-bond acceptors (Lipinski definition) is 3. The molecular weight excluding hydrogens is 340 g/mol. The van der Waals surface area contributed by atoms with Crippen LogP contribution in [0.15, 0.2) is 12.3 Å². The molecule has 4 rings (SSSR count). The zero-order valence-corrected chi connectivity index (χ0v) is 14.7. The number of rotatable bonds is 3. The van der Waals surface area contributed by atoms with Crippen LogP contribution in [0.2, 0.25) is 0 Å². The van der Waals surface area contributed by atoms with Crippen molar-refractivity contribution >= 4 is 11.8 Å². The molecule has 0 radical (unpaired) electrons. The molecule has 1 saturated carbocycles. The second-order valence-corrected chi connectivity index (χ2v) is 7.99. The van der Waals surface area contributed by atoms with Gasteiger partial charge in [0.25, 0.3) is 5.91 Å². The van der Waals surface area contributed by atoms with Crippen LogP contribution in [0.4, 0.5) is 8.78 Å². The van der Waals surface area contributed by atoms with E-state index in [1.165, 1.54) is 12.8 Å². The second-order valence-electron chi connectivity index (χ2n) is 7.99. The fourth-order valence-electron chi connectivity index (χ4n) is 4.19. The Morgan fingerprint density at radius 2 is 1.96 bits per heavy atom. The number of piperidine rings is 2. The van der Waals surface area contributed by atoms with Crippen LogP contribution >= 0.6 is 0 Å². The summed E-state index contributed by atoms with van der Waals surface area (Å²) in [6, 6.07) is 0.689. The van der Waals surface area contributed by atoms with E-state index in [0.29, 0.717) is 31.5 Å². The first-order valence-corrected chi connectivity index (χ1v) is 9.34. The van der Waals surface area contributed by atoms with Crippen LogP contribution < -0.4 is 0 Å². The van der Waals surface area contributed by atoms with Crippen molar-refractivity contribution in [2.75, 3.05) is 26.2 Å². The van der Waals surface area contributed by atoms with Crippen molar-refractivity contribution in [1.29, 1.82) is 0 Å². The van der Waals surface area contributed by atoms with E-state index in [1.54, 1.807) is 4.90 Å². The summed E-state index contributed by atoms with van der Waals surface area (Å²) in [6.07, 6.45) is 6.34. The van der Waals surface area contributed by atoms with Crippen LogP contribution in [-0.4, -0.2) is 52.8 Å². The molecule has 1 spiro atoms. The van der Waals surface area contributed by atoms with Crippen LogP contribution in [0.25, 0.3) is 0 Å². The largest absolute Gasteiger partial charge is 0.342 e. The van der Waals surface area contributed by atoms with E-state index in [2.05, 4.69) is 4.98 Å². The summed E-state index contributed by atoms with van der Waals surface area (Å²) in [4.78, 5) is 31.9. The Kier molecular flexibility index (Phi) is 4.40. The maximum Gasteiger partial charge on any atom is 0.275 e.